The van der Waals surface area contributed by atoms with Crippen LogP contribution in [0.1, 0.15) is 21.3 Å². The molecule has 7 nitrogen and oxygen atoms in total. The van der Waals surface area contributed by atoms with E-state index in [0.717, 1.165) is 6.92 Å². The third kappa shape index (κ3) is 215. The van der Waals surface area contributed by atoms with Gasteiger partial charge in [0.1, 0.15) is 0 Å². The van der Waals surface area contributed by atoms with Crippen molar-refractivity contribution in [1.82, 2.24) is 0 Å². The molecular formula is C6H16N2O5. The lowest BCUT2D eigenvalue weighted by atomic mass is 10.8. The van der Waals surface area contributed by atoms with Gasteiger partial charge in [0.25, 0.3) is 5.97 Å². The number of carbonyl (C=O) groups excluding carboxylic acids is 1. The Hall–Kier alpha value is -1.79. The van der Waals surface area contributed by atoms with E-state index in [9.17, 15) is 4.79 Å². The van der Waals surface area contributed by atoms with Crippen LogP contribution in [0.3, 0.4) is 0 Å². The van der Waals surface area contributed by atoms with Gasteiger partial charge in [-0.3, -0.25) is 9.59 Å². The summed E-state index contributed by atoms with van der Waals surface area (Å²) in [5, 5.41) is 14.6. The number of hydrogen-bond acceptors (Lipinski definition) is 3. The molecule has 0 bridgehead atoms. The van der Waals surface area contributed by atoms with Crippen molar-refractivity contribution in [3.63, 3.8) is 0 Å². The van der Waals surface area contributed by atoms with Gasteiger partial charge in [-0.1, -0.05) is 7.43 Å². The second-order valence-corrected chi connectivity index (χ2v) is 1.47. The zero-order valence-corrected chi connectivity index (χ0v) is 6.77. The Labute approximate surface area is 76.3 Å². The van der Waals surface area contributed by atoms with Gasteiger partial charge in [0.15, 0.2) is 0 Å². The molecule has 7 heteroatoms. The monoisotopic (exact) mass is 196 g/mol. The molecule has 0 aliphatic carbocycles. The summed E-state index contributed by atoms with van der Waals surface area (Å²) >= 11 is 0. The van der Waals surface area contributed by atoms with Crippen molar-refractivity contribution in [2.75, 3.05) is 0 Å². The van der Waals surface area contributed by atoms with Crippen LogP contribution in [0, 0.1) is 0 Å². The van der Waals surface area contributed by atoms with Gasteiger partial charge in [0, 0.05) is 13.8 Å². The number of nitrogens with two attached hydrogens (primary N) is 2. The first-order valence-corrected chi connectivity index (χ1v) is 2.64. The van der Waals surface area contributed by atoms with E-state index in [1.165, 1.54) is 6.92 Å². The van der Waals surface area contributed by atoms with Crippen LogP contribution in [0.25, 0.3) is 0 Å². The lowest BCUT2D eigenvalue weighted by molar-refractivity contribution is -0.134. The Balaban J connectivity index is -0.0000000450. The minimum Gasteiger partial charge on any atom is -0.481 e. The van der Waals surface area contributed by atoms with Crippen molar-refractivity contribution in [2.45, 2.75) is 21.3 Å². The maximum absolute atomic E-state index is 9.22. The molecule has 6 N–H and O–H groups in total. The molecular weight excluding hydrogens is 180 g/mol. The third-order valence-electron chi connectivity index (χ3n) is 0. The number of carboxylic acids is 1. The molecule has 13 heavy (non-hydrogen) atoms. The lowest BCUT2D eigenvalue weighted by Gasteiger charge is -1.61. The molecule has 0 aromatic heterocycles. The predicted molar refractivity (Wildman–Crippen MR) is 47.1 cm³/mol. The first-order chi connectivity index (χ1) is 5.20. The van der Waals surface area contributed by atoms with Crippen molar-refractivity contribution in [3.8, 4) is 0 Å². The third-order valence-corrected chi connectivity index (χ3v) is 0. The quantitative estimate of drug-likeness (QED) is 0.425. The van der Waals surface area contributed by atoms with Crippen molar-refractivity contribution < 1.29 is 24.6 Å². The zero-order valence-electron chi connectivity index (χ0n) is 6.77. The molecule has 0 spiro atoms. The number of carboxylic acid groups (broad SMARTS) is 2. The topological polar surface area (TPSA) is 144 Å². The Bertz CT molecular complexity index is 117. The van der Waals surface area contributed by atoms with E-state index in [0.29, 0.717) is 0 Å². The molecule has 0 aliphatic rings. The van der Waals surface area contributed by atoms with Crippen molar-refractivity contribution in [1.29, 1.82) is 0 Å². The van der Waals surface area contributed by atoms with Crippen LogP contribution in [0.5, 0.6) is 0 Å². The Morgan fingerprint density at radius 3 is 1.00 bits per heavy atom. The van der Waals surface area contributed by atoms with Gasteiger partial charge >= 0.3 is 6.09 Å². The van der Waals surface area contributed by atoms with E-state index in [1.54, 1.807) is 0 Å². The maximum atomic E-state index is 9.22. The highest BCUT2D eigenvalue weighted by molar-refractivity contribution is 5.70. The minimum absolute atomic E-state index is 0. The summed E-state index contributed by atoms with van der Waals surface area (Å²) in [5.74, 6) is -1.17. The van der Waals surface area contributed by atoms with Crippen LogP contribution < -0.4 is 11.5 Å². The average molecular weight is 196 g/mol. The second kappa shape index (κ2) is 16.7. The summed E-state index contributed by atoms with van der Waals surface area (Å²) in [6.07, 6.45) is -1.33. The van der Waals surface area contributed by atoms with Crippen molar-refractivity contribution >= 4 is 18.0 Å². The van der Waals surface area contributed by atoms with Gasteiger partial charge in [0.05, 0.1) is 0 Å². The molecule has 0 unspecified atom stereocenters. The van der Waals surface area contributed by atoms with Gasteiger partial charge in [-0.25, -0.2) is 4.79 Å². The van der Waals surface area contributed by atoms with Crippen molar-refractivity contribution in [3.05, 3.63) is 0 Å². The number of rotatable bonds is 0. The fraction of sp³-hybridized carbons (Fsp3) is 0.500. The second-order valence-electron chi connectivity index (χ2n) is 1.47. The van der Waals surface area contributed by atoms with Crippen LogP contribution in [-0.2, 0) is 9.59 Å². The molecule has 0 atom stereocenters. The molecule has 0 aliphatic heterocycles. The number of amides is 2. The zero-order chi connectivity index (χ0) is 10.7. The molecule has 0 saturated carbocycles. The van der Waals surface area contributed by atoms with Gasteiger partial charge in [-0.2, -0.15) is 0 Å². The Kier molecular flexibility index (Phi) is 28.8. The number of carbonyl (C=O) groups is 3. The van der Waals surface area contributed by atoms with Crippen molar-refractivity contribution in [2.24, 2.45) is 11.5 Å². The maximum Gasteiger partial charge on any atom is 0.402 e. The largest absolute Gasteiger partial charge is 0.481 e. The first kappa shape index (κ1) is 22.5. The standard InChI is InChI=1S/C2H5NO.C2H4O2.CH3NO2.CH4/c2*1-2(3)4;2-1(3)4;/h1H3,(H2,3,4);1H3,(H,3,4);2H2,(H,3,4);1H4. The molecule has 0 radical (unpaired) electrons. The number of aliphatic carboxylic acids is 1. The van der Waals surface area contributed by atoms with Gasteiger partial charge in [0.2, 0.25) is 5.91 Å². The molecule has 0 saturated heterocycles. The summed E-state index contributed by atoms with van der Waals surface area (Å²) in [6, 6.07) is 0. The molecule has 0 rings (SSSR count). The molecule has 80 valence electrons. The first-order valence-electron chi connectivity index (χ1n) is 2.64. The summed E-state index contributed by atoms with van der Waals surface area (Å²) in [5.41, 5.74) is 8.50. The van der Waals surface area contributed by atoms with Gasteiger partial charge in [-0.05, 0) is 0 Å². The molecule has 0 heterocycles. The fourth-order valence-corrected chi connectivity index (χ4v) is 0. The highest BCUT2D eigenvalue weighted by Crippen LogP contribution is 1.42. The SMILES string of the molecule is C.CC(=O)O.CC(N)=O.NC(=O)O. The molecule has 0 aromatic carbocycles. The summed E-state index contributed by atoms with van der Waals surface area (Å²) < 4.78 is 0. The fourth-order valence-electron chi connectivity index (χ4n) is 0. The average Bonchev–Trinajstić information content (AvgIpc) is 1.54. The van der Waals surface area contributed by atoms with Crippen LogP contribution in [0.2, 0.25) is 0 Å². The van der Waals surface area contributed by atoms with Crippen LogP contribution in [0.15, 0.2) is 0 Å². The van der Waals surface area contributed by atoms with Crippen LogP contribution in [0.4, 0.5) is 4.79 Å². The number of hydrogen-bond donors (Lipinski definition) is 4. The van der Waals surface area contributed by atoms with Crippen LogP contribution in [-0.4, -0.2) is 28.2 Å². The highest BCUT2D eigenvalue weighted by atomic mass is 16.4. The number of primary amides is 2. The van der Waals surface area contributed by atoms with E-state index in [4.69, 9.17) is 19.8 Å². The van der Waals surface area contributed by atoms with E-state index < -0.39 is 12.1 Å². The minimum atomic E-state index is -1.33. The summed E-state index contributed by atoms with van der Waals surface area (Å²) in [7, 11) is 0. The van der Waals surface area contributed by atoms with E-state index in [2.05, 4.69) is 11.5 Å². The van der Waals surface area contributed by atoms with E-state index >= 15 is 0 Å². The lowest BCUT2D eigenvalue weighted by Crippen LogP contribution is -2.03. The summed E-state index contributed by atoms with van der Waals surface area (Å²) in [4.78, 5) is 27.0. The Morgan fingerprint density at radius 1 is 1.00 bits per heavy atom. The van der Waals surface area contributed by atoms with E-state index in [-0.39, 0.29) is 13.3 Å². The normalized spacial score (nSPS) is 5.69. The molecule has 0 fully saturated rings. The smallest absolute Gasteiger partial charge is 0.402 e. The predicted octanol–water partition coefficient (Wildman–Crippen LogP) is -0.158. The molecule has 2 amide bonds. The Morgan fingerprint density at radius 2 is 1.00 bits per heavy atom. The highest BCUT2D eigenvalue weighted by Gasteiger charge is 1.65. The van der Waals surface area contributed by atoms with E-state index in [1.807, 2.05) is 0 Å². The van der Waals surface area contributed by atoms with Gasteiger partial charge in [-0.15, -0.1) is 0 Å². The summed E-state index contributed by atoms with van der Waals surface area (Å²) in [6.45, 7) is 2.39. The molecule has 0 aromatic rings. The van der Waals surface area contributed by atoms with Crippen LogP contribution >= 0.6 is 0 Å². The van der Waals surface area contributed by atoms with Gasteiger partial charge < -0.3 is 21.7 Å².